The summed E-state index contributed by atoms with van der Waals surface area (Å²) in [4.78, 5) is 24.4. The molecular weight excluding hydrogens is 705 g/mol. The third-order valence-electron chi connectivity index (χ3n) is 5.27. The van der Waals surface area contributed by atoms with Crippen molar-refractivity contribution in [3.05, 3.63) is 28.4 Å². The quantitative estimate of drug-likeness (QED) is 0.222. The molecule has 4 rings (SSSR count). The van der Waals surface area contributed by atoms with Crippen molar-refractivity contribution in [3.63, 3.8) is 0 Å². The van der Waals surface area contributed by atoms with Crippen LogP contribution in [0.4, 0.5) is 0 Å². The van der Waals surface area contributed by atoms with E-state index in [-0.39, 0.29) is 0 Å². The molecule has 1 heterocycles. The normalized spacial score (nSPS) is 36.3. The summed E-state index contributed by atoms with van der Waals surface area (Å²) in [7, 11) is -3.96. The van der Waals surface area contributed by atoms with Crippen molar-refractivity contribution >= 4 is 89.8 Å². The summed E-state index contributed by atoms with van der Waals surface area (Å²) in [5, 5.41) is 8.47. The molecule has 3 fully saturated rings. The van der Waals surface area contributed by atoms with Crippen LogP contribution in [-0.2, 0) is 23.8 Å². The van der Waals surface area contributed by atoms with Crippen LogP contribution in [0.1, 0.15) is 16.8 Å². The standard InChI is InChI=1S/C15H11I3O7S/c16-4-1-6(10(18)8(17)2-4)15(21)24-11-5-3-7-12(11)25-26(22,23)13(7)9(5)14(19)20/h1-2,5,7,9,11-13H,3H2,(H,19,20). The van der Waals surface area contributed by atoms with Gasteiger partial charge in [0.1, 0.15) is 17.5 Å². The molecule has 140 valence electrons. The van der Waals surface area contributed by atoms with E-state index in [4.69, 9.17) is 8.92 Å². The lowest BCUT2D eigenvalue weighted by atomic mass is 9.84. The lowest BCUT2D eigenvalue weighted by molar-refractivity contribution is -0.145. The Morgan fingerprint density at radius 3 is 2.54 bits per heavy atom. The first-order chi connectivity index (χ1) is 12.1. The highest BCUT2D eigenvalue weighted by Gasteiger charge is 2.71. The van der Waals surface area contributed by atoms with E-state index in [1.165, 1.54) is 0 Å². The fourth-order valence-electron chi connectivity index (χ4n) is 4.36. The summed E-state index contributed by atoms with van der Waals surface area (Å²) in [6, 6.07) is 3.62. The van der Waals surface area contributed by atoms with Crippen LogP contribution in [0.5, 0.6) is 0 Å². The van der Waals surface area contributed by atoms with Crippen LogP contribution in [0.15, 0.2) is 12.1 Å². The molecule has 1 N–H and O–H groups in total. The summed E-state index contributed by atoms with van der Waals surface area (Å²) >= 11 is 6.28. The van der Waals surface area contributed by atoms with Crippen LogP contribution in [0.25, 0.3) is 0 Å². The van der Waals surface area contributed by atoms with Gasteiger partial charge in [-0.15, -0.1) is 0 Å². The van der Waals surface area contributed by atoms with Gasteiger partial charge in [0.15, 0.2) is 0 Å². The van der Waals surface area contributed by atoms with Crippen molar-refractivity contribution in [1.82, 2.24) is 0 Å². The van der Waals surface area contributed by atoms with E-state index in [0.717, 1.165) is 10.7 Å². The number of hydrogen-bond donors (Lipinski definition) is 1. The number of carbonyl (C=O) groups is 2. The SMILES string of the molecule is O=C(OC1C2CC3C1OS(=O)(=O)C3C2C(=O)O)c1cc(I)cc(I)c1I. The molecule has 2 bridgehead atoms. The van der Waals surface area contributed by atoms with Crippen LogP contribution < -0.4 is 0 Å². The number of hydrogen-bond acceptors (Lipinski definition) is 6. The van der Waals surface area contributed by atoms with Crippen LogP contribution in [0.2, 0.25) is 0 Å². The number of carbonyl (C=O) groups excluding carboxylic acids is 1. The molecule has 0 amide bonds. The maximum absolute atomic E-state index is 12.7. The van der Waals surface area contributed by atoms with Gasteiger partial charge in [-0.2, -0.15) is 8.42 Å². The van der Waals surface area contributed by atoms with E-state index in [9.17, 15) is 23.1 Å². The van der Waals surface area contributed by atoms with Gasteiger partial charge in [-0.1, -0.05) is 0 Å². The summed E-state index contributed by atoms with van der Waals surface area (Å²) in [6.07, 6.45) is -1.27. The fraction of sp³-hybridized carbons (Fsp3) is 0.467. The number of benzene rings is 1. The molecule has 1 aliphatic heterocycles. The number of carboxylic acids is 1. The van der Waals surface area contributed by atoms with E-state index in [1.807, 2.05) is 6.07 Å². The molecule has 6 atom stereocenters. The Morgan fingerprint density at radius 2 is 1.88 bits per heavy atom. The maximum Gasteiger partial charge on any atom is 0.339 e. The van der Waals surface area contributed by atoms with Crippen molar-refractivity contribution in [2.45, 2.75) is 23.9 Å². The molecule has 11 heteroatoms. The van der Waals surface area contributed by atoms with Crippen molar-refractivity contribution in [2.24, 2.45) is 17.8 Å². The second-order valence-electron chi connectivity index (χ2n) is 6.56. The van der Waals surface area contributed by atoms with Crippen LogP contribution in [0.3, 0.4) is 0 Å². The Balaban J connectivity index is 1.66. The lowest BCUT2D eigenvalue weighted by Crippen LogP contribution is -2.45. The third-order valence-corrected chi connectivity index (χ3v) is 10.7. The highest BCUT2D eigenvalue weighted by Crippen LogP contribution is 2.58. The van der Waals surface area contributed by atoms with Gasteiger partial charge in [-0.05, 0) is 86.3 Å². The Hall–Kier alpha value is 0.260. The van der Waals surface area contributed by atoms with E-state index in [0.29, 0.717) is 12.0 Å². The van der Waals surface area contributed by atoms with Gasteiger partial charge in [0.25, 0.3) is 10.1 Å². The smallest absolute Gasteiger partial charge is 0.339 e. The zero-order valence-corrected chi connectivity index (χ0v) is 20.1. The molecule has 26 heavy (non-hydrogen) atoms. The van der Waals surface area contributed by atoms with Gasteiger partial charge >= 0.3 is 11.9 Å². The summed E-state index contributed by atoms with van der Waals surface area (Å²) < 4.78 is 37.7. The Bertz CT molecular complexity index is 931. The largest absolute Gasteiger partial charge is 0.481 e. The van der Waals surface area contributed by atoms with Crippen LogP contribution >= 0.6 is 67.8 Å². The van der Waals surface area contributed by atoms with Gasteiger partial charge in [0.2, 0.25) is 0 Å². The van der Waals surface area contributed by atoms with Gasteiger partial charge in [-0.25, -0.2) is 4.79 Å². The van der Waals surface area contributed by atoms with Crippen molar-refractivity contribution in [3.8, 4) is 0 Å². The molecule has 2 aliphatic carbocycles. The summed E-state index contributed by atoms with van der Waals surface area (Å²) in [5.41, 5.74) is 0.383. The van der Waals surface area contributed by atoms with E-state index < -0.39 is 57.3 Å². The zero-order valence-electron chi connectivity index (χ0n) is 12.8. The minimum Gasteiger partial charge on any atom is -0.481 e. The average molecular weight is 716 g/mol. The number of rotatable bonds is 3. The predicted molar refractivity (Wildman–Crippen MR) is 114 cm³/mol. The molecule has 0 radical (unpaired) electrons. The monoisotopic (exact) mass is 716 g/mol. The average Bonchev–Trinajstić information content (AvgIpc) is 3.13. The number of halogens is 3. The van der Waals surface area contributed by atoms with Crippen molar-refractivity contribution in [1.29, 1.82) is 0 Å². The van der Waals surface area contributed by atoms with Crippen molar-refractivity contribution < 1.29 is 32.0 Å². The third kappa shape index (κ3) is 2.90. The van der Waals surface area contributed by atoms with Gasteiger partial charge < -0.3 is 9.84 Å². The van der Waals surface area contributed by atoms with E-state index in [2.05, 4.69) is 67.8 Å². The summed E-state index contributed by atoms with van der Waals surface area (Å²) in [5.74, 6) is -3.85. The maximum atomic E-state index is 12.7. The Labute approximate surface area is 190 Å². The first-order valence-corrected chi connectivity index (χ1v) is 12.3. The molecule has 0 aromatic heterocycles. The zero-order chi connectivity index (χ0) is 19.0. The number of carboxylic acid groups (broad SMARTS) is 1. The molecule has 3 aliphatic rings. The molecule has 1 aromatic rings. The first-order valence-electron chi connectivity index (χ1n) is 7.62. The van der Waals surface area contributed by atoms with Crippen LogP contribution in [0, 0.1) is 28.5 Å². The highest BCUT2D eigenvalue weighted by molar-refractivity contribution is 14.1. The lowest BCUT2D eigenvalue weighted by Gasteiger charge is -2.29. The van der Waals surface area contributed by atoms with Gasteiger partial charge in [-0.3, -0.25) is 8.98 Å². The first kappa shape index (κ1) is 19.6. The number of ether oxygens (including phenoxy) is 1. The number of esters is 1. The molecule has 1 aromatic carbocycles. The molecule has 6 unspecified atom stereocenters. The molecule has 0 spiro atoms. The Morgan fingerprint density at radius 1 is 1.19 bits per heavy atom. The second kappa shape index (κ2) is 6.66. The minimum absolute atomic E-state index is 0.379. The molecule has 2 saturated carbocycles. The predicted octanol–water partition coefficient (Wildman–Crippen LogP) is 2.47. The summed E-state index contributed by atoms with van der Waals surface area (Å²) in [6.45, 7) is 0. The number of aliphatic carboxylic acids is 1. The highest BCUT2D eigenvalue weighted by atomic mass is 127. The minimum atomic E-state index is -3.96. The fourth-order valence-corrected chi connectivity index (χ4v) is 8.80. The Kier molecular flexibility index (Phi) is 5.01. The van der Waals surface area contributed by atoms with E-state index >= 15 is 0 Å². The van der Waals surface area contributed by atoms with Crippen LogP contribution in [-0.4, -0.2) is 42.9 Å². The second-order valence-corrected chi connectivity index (χ2v) is 11.8. The topological polar surface area (TPSA) is 107 Å². The molecule has 7 nitrogen and oxygen atoms in total. The molecule has 1 saturated heterocycles. The molecular formula is C15H11I3O7S. The van der Waals surface area contributed by atoms with Gasteiger partial charge in [0.05, 0.1) is 11.5 Å². The van der Waals surface area contributed by atoms with E-state index in [1.54, 1.807) is 6.07 Å². The van der Waals surface area contributed by atoms with Gasteiger partial charge in [0, 0.05) is 22.5 Å². The number of fused-ring (bicyclic) bond motifs is 1. The van der Waals surface area contributed by atoms with Crippen molar-refractivity contribution in [2.75, 3.05) is 0 Å².